The van der Waals surface area contributed by atoms with E-state index in [1.807, 2.05) is 7.05 Å². The van der Waals surface area contributed by atoms with E-state index >= 15 is 0 Å². The van der Waals surface area contributed by atoms with Gasteiger partial charge in [-0.05, 0) is 38.6 Å². The molecule has 0 aromatic heterocycles. The molecule has 0 aliphatic carbocycles. The quantitative estimate of drug-likeness (QED) is 0.876. The Hall–Kier alpha value is -1.75. The fourth-order valence-electron chi connectivity index (χ4n) is 2.40. The number of likely N-dealkylation sites (tertiary alicyclic amines) is 1. The van der Waals surface area contributed by atoms with Crippen LogP contribution in [0.1, 0.15) is 18.4 Å². The van der Waals surface area contributed by atoms with Gasteiger partial charge in [-0.3, -0.25) is 4.90 Å². The molecule has 5 heteroatoms. The van der Waals surface area contributed by atoms with Gasteiger partial charge in [0.05, 0.1) is 18.8 Å². The van der Waals surface area contributed by atoms with Crippen molar-refractivity contribution in [3.8, 4) is 11.5 Å². The van der Waals surface area contributed by atoms with Crippen LogP contribution in [0.5, 0.6) is 11.5 Å². The lowest BCUT2D eigenvalue weighted by molar-refractivity contribution is 0.290. The summed E-state index contributed by atoms with van der Waals surface area (Å²) in [6.07, 6.45) is 2.25. The number of nitrogens with zero attached hydrogens (tertiary/aromatic N) is 1. The number of phenols is 1. The second-order valence-corrected chi connectivity index (χ2v) is 4.74. The van der Waals surface area contributed by atoms with Crippen molar-refractivity contribution in [1.82, 2.24) is 10.2 Å². The van der Waals surface area contributed by atoms with Crippen LogP contribution >= 0.6 is 0 Å². The zero-order valence-electron chi connectivity index (χ0n) is 11.2. The monoisotopic (exact) mass is 266 g/mol. The van der Waals surface area contributed by atoms with Crippen molar-refractivity contribution in [3.63, 3.8) is 0 Å². The van der Waals surface area contributed by atoms with E-state index in [4.69, 9.17) is 4.74 Å². The molecule has 0 spiro atoms. The fraction of sp³-hybridized carbons (Fsp3) is 0.429. The predicted molar refractivity (Wildman–Crippen MR) is 72.4 cm³/mol. The van der Waals surface area contributed by atoms with Gasteiger partial charge in [-0.1, -0.05) is 6.58 Å². The molecule has 0 saturated carbocycles. The number of benzene rings is 1. The maximum atomic E-state index is 13.7. The third-order valence-electron chi connectivity index (χ3n) is 3.45. The summed E-state index contributed by atoms with van der Waals surface area (Å²) >= 11 is 0. The highest BCUT2D eigenvalue weighted by Gasteiger charge is 2.24. The van der Waals surface area contributed by atoms with Gasteiger partial charge in [-0.25, -0.2) is 4.39 Å². The summed E-state index contributed by atoms with van der Waals surface area (Å²) in [5.74, 6) is -0.549. The minimum Gasteiger partial charge on any atom is -0.507 e. The normalized spacial score (nSPS) is 19.4. The highest BCUT2D eigenvalue weighted by molar-refractivity contribution is 5.73. The Kier molecular flexibility index (Phi) is 3.95. The lowest BCUT2D eigenvalue weighted by atomic mass is 10.1. The minimum absolute atomic E-state index is 0.0122. The highest BCUT2D eigenvalue weighted by Crippen LogP contribution is 2.35. The van der Waals surface area contributed by atoms with Crippen molar-refractivity contribution in [2.24, 2.45) is 0 Å². The number of hydrogen-bond acceptors (Lipinski definition) is 4. The Labute approximate surface area is 112 Å². The van der Waals surface area contributed by atoms with Crippen molar-refractivity contribution in [2.75, 3.05) is 20.7 Å². The van der Waals surface area contributed by atoms with Gasteiger partial charge in [0, 0.05) is 5.70 Å². The van der Waals surface area contributed by atoms with Crippen LogP contribution in [0.3, 0.4) is 0 Å². The van der Waals surface area contributed by atoms with Crippen LogP contribution in [0.25, 0.3) is 5.70 Å². The van der Waals surface area contributed by atoms with Crippen molar-refractivity contribution in [2.45, 2.75) is 19.0 Å². The average Bonchev–Trinajstić information content (AvgIpc) is 2.77. The molecule has 2 N–H and O–H groups in total. The summed E-state index contributed by atoms with van der Waals surface area (Å²) in [5.41, 5.74) is 0.746. The summed E-state index contributed by atoms with van der Waals surface area (Å²) in [7, 11) is 3.39. The van der Waals surface area contributed by atoms with Gasteiger partial charge in [0.1, 0.15) is 5.75 Å². The van der Waals surface area contributed by atoms with Crippen molar-refractivity contribution in [1.29, 1.82) is 0 Å². The van der Waals surface area contributed by atoms with E-state index in [0.29, 0.717) is 5.70 Å². The lowest BCUT2D eigenvalue weighted by Gasteiger charge is -2.24. The van der Waals surface area contributed by atoms with Crippen LogP contribution in [0.2, 0.25) is 0 Å². The van der Waals surface area contributed by atoms with Crippen molar-refractivity contribution >= 4 is 5.70 Å². The van der Waals surface area contributed by atoms with Gasteiger partial charge in [0.15, 0.2) is 11.6 Å². The number of phenolic OH excluding ortho intramolecular Hbond substituents is 1. The first-order valence-electron chi connectivity index (χ1n) is 6.26. The first kappa shape index (κ1) is 13.7. The van der Waals surface area contributed by atoms with Crippen LogP contribution < -0.4 is 10.1 Å². The third-order valence-corrected chi connectivity index (χ3v) is 3.45. The molecule has 1 atom stereocenters. The average molecular weight is 266 g/mol. The topological polar surface area (TPSA) is 44.7 Å². The van der Waals surface area contributed by atoms with E-state index in [0.717, 1.165) is 19.4 Å². The Bertz CT molecular complexity index is 491. The number of ether oxygens (including phenoxy) is 1. The van der Waals surface area contributed by atoms with E-state index in [1.54, 1.807) is 0 Å². The highest BCUT2D eigenvalue weighted by atomic mass is 19.1. The Morgan fingerprint density at radius 3 is 2.89 bits per heavy atom. The second-order valence-electron chi connectivity index (χ2n) is 4.74. The molecule has 1 heterocycles. The molecule has 1 aliphatic heterocycles. The molecule has 1 aliphatic rings. The molecule has 19 heavy (non-hydrogen) atoms. The fourth-order valence-corrected chi connectivity index (χ4v) is 2.40. The van der Waals surface area contributed by atoms with E-state index in [2.05, 4.69) is 16.8 Å². The van der Waals surface area contributed by atoms with Crippen molar-refractivity contribution in [3.05, 3.63) is 30.1 Å². The Morgan fingerprint density at radius 2 is 2.32 bits per heavy atom. The molecule has 104 valence electrons. The van der Waals surface area contributed by atoms with E-state index in [-0.39, 0.29) is 23.2 Å². The van der Waals surface area contributed by atoms with Crippen LogP contribution in [-0.4, -0.2) is 36.9 Å². The van der Waals surface area contributed by atoms with Crippen LogP contribution in [0.15, 0.2) is 18.7 Å². The van der Waals surface area contributed by atoms with Gasteiger partial charge in [0.25, 0.3) is 0 Å². The minimum atomic E-state index is -0.516. The lowest BCUT2D eigenvalue weighted by Crippen LogP contribution is -2.37. The van der Waals surface area contributed by atoms with Gasteiger partial charge >= 0.3 is 0 Å². The number of nitrogens with one attached hydrogen (secondary N) is 1. The Morgan fingerprint density at radius 1 is 1.58 bits per heavy atom. The van der Waals surface area contributed by atoms with E-state index in [9.17, 15) is 9.50 Å². The van der Waals surface area contributed by atoms with Gasteiger partial charge in [-0.2, -0.15) is 0 Å². The number of aromatic hydroxyl groups is 1. The molecule has 0 radical (unpaired) electrons. The van der Waals surface area contributed by atoms with Gasteiger partial charge < -0.3 is 15.2 Å². The molecule has 4 nitrogen and oxygen atoms in total. The standard InChI is InChI=1S/C14H19FN2O2/c1-9(16-12-5-4-8-17(12)2)13-11(18)7-6-10(15)14(13)19-3/h6-7,12,16,18H,1,4-5,8H2,2-3H3. The molecular weight excluding hydrogens is 247 g/mol. The molecule has 0 amide bonds. The summed E-state index contributed by atoms with van der Waals surface area (Å²) in [6.45, 7) is 4.90. The smallest absolute Gasteiger partial charge is 0.167 e. The first-order valence-corrected chi connectivity index (χ1v) is 6.26. The summed E-state index contributed by atoms with van der Waals surface area (Å²) in [5, 5.41) is 13.1. The van der Waals surface area contributed by atoms with E-state index < -0.39 is 5.82 Å². The number of rotatable bonds is 4. The zero-order valence-corrected chi connectivity index (χ0v) is 11.2. The number of methoxy groups -OCH3 is 1. The van der Waals surface area contributed by atoms with Crippen LogP contribution in [0.4, 0.5) is 4.39 Å². The van der Waals surface area contributed by atoms with E-state index in [1.165, 1.54) is 19.2 Å². The summed E-state index contributed by atoms with van der Waals surface area (Å²) < 4.78 is 18.7. The SMILES string of the molecule is C=C(NC1CCCN1C)c1c(O)ccc(F)c1OC. The van der Waals surface area contributed by atoms with Crippen molar-refractivity contribution < 1.29 is 14.2 Å². The summed E-state index contributed by atoms with van der Waals surface area (Å²) in [6, 6.07) is 2.48. The molecular formula is C14H19FN2O2. The molecule has 1 fully saturated rings. The molecule has 1 aromatic carbocycles. The first-order chi connectivity index (χ1) is 9.04. The number of hydrogen-bond donors (Lipinski definition) is 2. The van der Waals surface area contributed by atoms with Crippen LogP contribution in [0, 0.1) is 5.82 Å². The molecule has 0 bridgehead atoms. The molecule has 2 rings (SSSR count). The summed E-state index contributed by atoms with van der Waals surface area (Å²) in [4.78, 5) is 2.16. The molecule has 1 aromatic rings. The maximum absolute atomic E-state index is 13.7. The Balaban J connectivity index is 2.25. The number of halogens is 1. The van der Waals surface area contributed by atoms with Crippen LogP contribution in [-0.2, 0) is 0 Å². The predicted octanol–water partition coefficient (Wildman–Crippen LogP) is 2.15. The molecule has 1 saturated heterocycles. The largest absolute Gasteiger partial charge is 0.507 e. The zero-order chi connectivity index (χ0) is 14.0. The van der Waals surface area contributed by atoms with Gasteiger partial charge in [0.2, 0.25) is 0 Å². The molecule has 1 unspecified atom stereocenters. The third kappa shape index (κ3) is 2.66. The maximum Gasteiger partial charge on any atom is 0.167 e. The van der Waals surface area contributed by atoms with Gasteiger partial charge in [-0.15, -0.1) is 0 Å². The second kappa shape index (κ2) is 5.48.